The van der Waals surface area contributed by atoms with E-state index in [0.29, 0.717) is 5.39 Å². The van der Waals surface area contributed by atoms with Crippen molar-refractivity contribution in [2.24, 2.45) is 0 Å². The van der Waals surface area contributed by atoms with Gasteiger partial charge < -0.3 is 28.5 Å². The Kier molecular flexibility index (Phi) is 3.99. The largest absolute Gasteiger partial charge is 0.495 e. The molecule has 2 aliphatic rings. The molecule has 2 aromatic rings. The second-order valence-corrected chi connectivity index (χ2v) is 7.78. The van der Waals surface area contributed by atoms with Gasteiger partial charge in [0.25, 0.3) is 4.93 Å². The van der Waals surface area contributed by atoms with Crippen molar-refractivity contribution in [1.29, 1.82) is 0 Å². The van der Waals surface area contributed by atoms with Gasteiger partial charge in [0.05, 0.1) is 38.5 Å². The van der Waals surface area contributed by atoms with Gasteiger partial charge in [-0.25, -0.2) is 0 Å². The molecule has 152 valence electrons. The summed E-state index contributed by atoms with van der Waals surface area (Å²) >= 11 is 0.158. The minimum absolute atomic E-state index is 0.0363. The Morgan fingerprint density at radius 2 is 1.96 bits per heavy atom. The van der Waals surface area contributed by atoms with E-state index in [1.54, 1.807) is 0 Å². The van der Waals surface area contributed by atoms with E-state index < -0.39 is 34.4 Å². The number of furan rings is 1. The number of hydrogen-bond donors (Lipinski definition) is 1. The molecule has 0 spiro atoms. The smallest absolute Gasteiger partial charge is 0.438 e. The first kappa shape index (κ1) is 19.1. The average Bonchev–Trinajstić information content (AvgIpc) is 3.20. The highest BCUT2D eigenvalue weighted by Gasteiger charge is 2.75. The van der Waals surface area contributed by atoms with E-state index in [0.717, 1.165) is 7.11 Å². The Labute approximate surface area is 160 Å². The number of alkyl halides is 3. The van der Waals surface area contributed by atoms with Crippen LogP contribution in [0, 0.1) is 0 Å². The number of carbonyl (C=O) groups excluding carboxylic acids is 1. The van der Waals surface area contributed by atoms with Gasteiger partial charge in [0, 0.05) is 6.42 Å². The maximum atomic E-state index is 14.0. The fourth-order valence-electron chi connectivity index (χ4n) is 3.80. The van der Waals surface area contributed by atoms with E-state index in [1.807, 2.05) is 0 Å². The number of thioether (sulfide) groups is 1. The Hall–Kier alpha value is -2.27. The van der Waals surface area contributed by atoms with Gasteiger partial charge in [-0.3, -0.25) is 4.79 Å². The van der Waals surface area contributed by atoms with Crippen molar-refractivity contribution in [1.82, 2.24) is 0 Å². The number of carbonyl (C=O) groups is 1. The molecule has 1 fully saturated rings. The minimum Gasteiger partial charge on any atom is -0.495 e. The number of aliphatic hydroxyl groups is 1. The third kappa shape index (κ3) is 2.20. The number of ether oxygens (including phenoxy) is 4. The average molecular weight is 420 g/mol. The summed E-state index contributed by atoms with van der Waals surface area (Å²) < 4.78 is 68.0. The first-order valence-corrected chi connectivity index (χ1v) is 8.91. The van der Waals surface area contributed by atoms with Gasteiger partial charge in [0.1, 0.15) is 16.6 Å². The Morgan fingerprint density at radius 3 is 2.54 bits per heavy atom. The molecule has 1 saturated heterocycles. The van der Waals surface area contributed by atoms with Gasteiger partial charge in [-0.05, 0) is 6.07 Å². The standard InChI is InChI=1S/C17H15F3O7S/c1-23-9-7-4-5-26-10(7)12(24-2)11-8(9)15(22)6-16(27-11,17(18,19)20)28-13(15)14(21)25-3/h4-5,13,22H,6H2,1-3H3. The molecular formula is C17H15F3O7S. The predicted molar refractivity (Wildman–Crippen MR) is 90.6 cm³/mol. The zero-order chi connectivity index (χ0) is 20.5. The van der Waals surface area contributed by atoms with Crippen molar-refractivity contribution >= 4 is 28.7 Å². The SMILES string of the molecule is COC(=O)C1SC2(C(F)(F)F)CC1(O)c1c(c(OC)c3occc3c1OC)O2. The molecule has 11 heteroatoms. The maximum Gasteiger partial charge on any atom is 0.438 e. The van der Waals surface area contributed by atoms with Gasteiger partial charge >= 0.3 is 12.1 Å². The van der Waals surface area contributed by atoms with Crippen molar-refractivity contribution in [3.05, 3.63) is 17.9 Å². The van der Waals surface area contributed by atoms with Crippen molar-refractivity contribution in [2.45, 2.75) is 28.4 Å². The topological polar surface area (TPSA) is 87.4 Å². The monoisotopic (exact) mass is 420 g/mol. The molecule has 3 atom stereocenters. The van der Waals surface area contributed by atoms with Crippen LogP contribution >= 0.6 is 11.8 Å². The van der Waals surface area contributed by atoms with Crippen LogP contribution in [-0.4, -0.2) is 48.8 Å². The van der Waals surface area contributed by atoms with Crippen LogP contribution in [0.2, 0.25) is 0 Å². The molecule has 2 aliphatic heterocycles. The van der Waals surface area contributed by atoms with Gasteiger partial charge in [-0.2, -0.15) is 13.2 Å². The molecule has 0 radical (unpaired) electrons. The van der Waals surface area contributed by atoms with Crippen LogP contribution in [0.5, 0.6) is 17.2 Å². The normalized spacial score (nSPS) is 28.6. The van der Waals surface area contributed by atoms with Crippen molar-refractivity contribution in [3.8, 4) is 17.2 Å². The molecule has 0 saturated carbocycles. The van der Waals surface area contributed by atoms with Gasteiger partial charge in [-0.1, -0.05) is 11.8 Å². The molecule has 7 nitrogen and oxygen atoms in total. The summed E-state index contributed by atoms with van der Waals surface area (Å²) in [6.07, 6.45) is -4.51. The molecule has 4 rings (SSSR count). The van der Waals surface area contributed by atoms with Gasteiger partial charge in [-0.15, -0.1) is 0 Å². The van der Waals surface area contributed by atoms with Crippen LogP contribution in [0.15, 0.2) is 16.7 Å². The molecule has 3 unspecified atom stereocenters. The number of fused-ring (bicyclic) bond motifs is 5. The van der Waals surface area contributed by atoms with Crippen LogP contribution in [0.3, 0.4) is 0 Å². The number of methoxy groups -OCH3 is 3. The summed E-state index contributed by atoms with van der Waals surface area (Å²) in [6.45, 7) is 0. The lowest BCUT2D eigenvalue weighted by molar-refractivity contribution is -0.227. The zero-order valence-electron chi connectivity index (χ0n) is 14.9. The van der Waals surface area contributed by atoms with E-state index >= 15 is 0 Å². The van der Waals surface area contributed by atoms with Crippen LogP contribution < -0.4 is 14.2 Å². The van der Waals surface area contributed by atoms with E-state index in [9.17, 15) is 23.1 Å². The van der Waals surface area contributed by atoms with Crippen molar-refractivity contribution in [3.63, 3.8) is 0 Å². The first-order chi connectivity index (χ1) is 13.1. The highest BCUT2D eigenvalue weighted by molar-refractivity contribution is 8.02. The summed E-state index contributed by atoms with van der Waals surface area (Å²) in [7, 11) is 3.56. The maximum absolute atomic E-state index is 14.0. The summed E-state index contributed by atoms with van der Waals surface area (Å²) in [5.74, 6) is -1.49. The summed E-state index contributed by atoms with van der Waals surface area (Å²) in [4.78, 5) is 9.42. The van der Waals surface area contributed by atoms with Crippen LogP contribution in [0.4, 0.5) is 13.2 Å². The molecule has 28 heavy (non-hydrogen) atoms. The molecule has 0 amide bonds. The first-order valence-electron chi connectivity index (χ1n) is 8.03. The number of hydrogen-bond acceptors (Lipinski definition) is 8. The molecule has 3 heterocycles. The van der Waals surface area contributed by atoms with E-state index in [4.69, 9.17) is 18.6 Å². The molecule has 1 N–H and O–H groups in total. The summed E-state index contributed by atoms with van der Waals surface area (Å²) in [5, 5.41) is 10.2. The van der Waals surface area contributed by atoms with Crippen molar-refractivity contribution in [2.75, 3.05) is 21.3 Å². The van der Waals surface area contributed by atoms with E-state index in [1.165, 1.54) is 26.5 Å². The molecule has 0 aliphatic carbocycles. The molecule has 1 aromatic heterocycles. The molecule has 2 bridgehead atoms. The minimum atomic E-state index is -4.90. The lowest BCUT2D eigenvalue weighted by atomic mass is 9.80. The quantitative estimate of drug-likeness (QED) is 0.759. The molecular weight excluding hydrogens is 405 g/mol. The second-order valence-electron chi connectivity index (χ2n) is 6.41. The fraction of sp³-hybridized carbons (Fsp3) is 0.471. The van der Waals surface area contributed by atoms with Crippen LogP contribution in [0.1, 0.15) is 12.0 Å². The zero-order valence-corrected chi connectivity index (χ0v) is 15.7. The lowest BCUT2D eigenvalue weighted by Crippen LogP contribution is -2.50. The lowest BCUT2D eigenvalue weighted by Gasteiger charge is -2.39. The Balaban J connectivity index is 2.11. The highest BCUT2D eigenvalue weighted by Crippen LogP contribution is 2.68. The predicted octanol–water partition coefficient (Wildman–Crippen LogP) is 2.97. The third-order valence-corrected chi connectivity index (χ3v) is 6.63. The highest BCUT2D eigenvalue weighted by atomic mass is 32.2. The van der Waals surface area contributed by atoms with Gasteiger partial charge in [0.2, 0.25) is 5.75 Å². The number of halogens is 3. The van der Waals surface area contributed by atoms with Crippen LogP contribution in [-0.2, 0) is 15.1 Å². The van der Waals surface area contributed by atoms with E-state index in [2.05, 4.69) is 4.74 Å². The molecule has 1 aromatic carbocycles. The summed E-state index contributed by atoms with van der Waals surface area (Å²) in [5.41, 5.74) is -2.29. The number of rotatable bonds is 3. The number of benzene rings is 1. The van der Waals surface area contributed by atoms with E-state index in [-0.39, 0.29) is 40.2 Å². The third-order valence-electron chi connectivity index (χ3n) is 4.98. The van der Waals surface area contributed by atoms with Gasteiger partial charge in [0.15, 0.2) is 11.3 Å². The summed E-state index contributed by atoms with van der Waals surface area (Å²) in [6, 6.07) is 1.52. The van der Waals surface area contributed by atoms with Crippen molar-refractivity contribution < 1.29 is 46.4 Å². The second kappa shape index (κ2) is 5.86. The fourth-order valence-corrected chi connectivity index (χ4v) is 5.34. The Bertz CT molecular complexity index is 972. The Morgan fingerprint density at radius 1 is 1.29 bits per heavy atom. The van der Waals surface area contributed by atoms with Crippen LogP contribution in [0.25, 0.3) is 11.0 Å². The number of esters is 1.